The number of likely N-dealkylation sites (N-methyl/N-ethyl adjacent to an activating group) is 1. The molecule has 0 radical (unpaired) electrons. The van der Waals surface area contributed by atoms with Crippen molar-refractivity contribution in [3.63, 3.8) is 0 Å². The Morgan fingerprint density at radius 3 is 2.76 bits per heavy atom. The average molecular weight is 287 g/mol. The first-order chi connectivity index (χ1) is 10.2. The van der Waals surface area contributed by atoms with Crippen molar-refractivity contribution in [1.29, 1.82) is 5.26 Å². The number of nitriles is 1. The molecule has 0 amide bonds. The molecule has 0 bridgehead atoms. The van der Waals surface area contributed by atoms with Gasteiger partial charge >= 0.3 is 0 Å². The summed E-state index contributed by atoms with van der Waals surface area (Å²) < 4.78 is 5.69. The SMILES string of the molecule is CCN(CCC(N)(C#N)c1ccccc1)CC1CCCO1. The number of ether oxygens (including phenoxy) is 1. The largest absolute Gasteiger partial charge is 0.377 e. The Kier molecular flexibility index (Phi) is 5.75. The van der Waals surface area contributed by atoms with Gasteiger partial charge in [0.15, 0.2) is 0 Å². The highest BCUT2D eigenvalue weighted by Crippen LogP contribution is 2.22. The average Bonchev–Trinajstić information content (AvgIpc) is 3.05. The molecule has 4 heteroatoms. The van der Waals surface area contributed by atoms with E-state index in [1.54, 1.807) is 0 Å². The van der Waals surface area contributed by atoms with Crippen LogP contribution in [-0.2, 0) is 10.3 Å². The molecule has 0 spiro atoms. The van der Waals surface area contributed by atoms with Gasteiger partial charge in [-0.1, -0.05) is 37.3 Å². The van der Waals surface area contributed by atoms with Gasteiger partial charge in [0, 0.05) is 19.7 Å². The van der Waals surface area contributed by atoms with Gasteiger partial charge in [-0.15, -0.1) is 0 Å². The van der Waals surface area contributed by atoms with Crippen molar-refractivity contribution in [2.45, 2.75) is 37.8 Å². The van der Waals surface area contributed by atoms with Crippen LogP contribution in [-0.4, -0.2) is 37.2 Å². The fourth-order valence-corrected chi connectivity index (χ4v) is 2.79. The summed E-state index contributed by atoms with van der Waals surface area (Å²) in [5.41, 5.74) is 6.29. The van der Waals surface area contributed by atoms with E-state index < -0.39 is 5.54 Å². The maximum Gasteiger partial charge on any atom is 0.131 e. The zero-order chi connectivity index (χ0) is 15.1. The lowest BCUT2D eigenvalue weighted by molar-refractivity contribution is 0.0730. The molecular weight excluding hydrogens is 262 g/mol. The fourth-order valence-electron chi connectivity index (χ4n) is 2.79. The zero-order valence-electron chi connectivity index (χ0n) is 12.8. The molecule has 0 aliphatic carbocycles. The van der Waals surface area contributed by atoms with Crippen molar-refractivity contribution in [3.8, 4) is 6.07 Å². The Hall–Kier alpha value is -1.41. The van der Waals surface area contributed by atoms with E-state index in [2.05, 4.69) is 17.9 Å². The second-order valence-electron chi connectivity index (χ2n) is 5.73. The molecule has 2 rings (SSSR count). The summed E-state index contributed by atoms with van der Waals surface area (Å²) in [5, 5.41) is 9.49. The number of hydrogen-bond acceptors (Lipinski definition) is 4. The number of rotatable bonds is 7. The number of benzene rings is 1. The lowest BCUT2D eigenvalue weighted by atomic mass is 9.89. The summed E-state index contributed by atoms with van der Waals surface area (Å²) in [6.45, 7) is 5.73. The molecule has 1 fully saturated rings. The molecule has 1 aromatic carbocycles. The third-order valence-electron chi connectivity index (χ3n) is 4.24. The van der Waals surface area contributed by atoms with Crippen LogP contribution in [0.15, 0.2) is 30.3 Å². The van der Waals surface area contributed by atoms with Crippen LogP contribution < -0.4 is 5.73 Å². The van der Waals surface area contributed by atoms with Gasteiger partial charge < -0.3 is 15.4 Å². The Labute approximate surface area is 127 Å². The zero-order valence-corrected chi connectivity index (χ0v) is 12.8. The van der Waals surface area contributed by atoms with Crippen LogP contribution in [0.4, 0.5) is 0 Å². The van der Waals surface area contributed by atoms with Gasteiger partial charge in [-0.05, 0) is 31.4 Å². The highest BCUT2D eigenvalue weighted by molar-refractivity contribution is 5.30. The van der Waals surface area contributed by atoms with Gasteiger partial charge in [-0.2, -0.15) is 5.26 Å². The lowest BCUT2D eigenvalue weighted by Crippen LogP contribution is -2.41. The predicted molar refractivity (Wildman–Crippen MR) is 83.6 cm³/mol. The van der Waals surface area contributed by atoms with Crippen LogP contribution in [0, 0.1) is 11.3 Å². The second kappa shape index (κ2) is 7.56. The highest BCUT2D eigenvalue weighted by Gasteiger charge is 2.28. The summed E-state index contributed by atoms with van der Waals surface area (Å²) in [4.78, 5) is 2.33. The molecule has 4 nitrogen and oxygen atoms in total. The molecule has 2 N–H and O–H groups in total. The van der Waals surface area contributed by atoms with E-state index in [1.165, 1.54) is 0 Å². The molecule has 1 aliphatic heterocycles. The van der Waals surface area contributed by atoms with Gasteiger partial charge in [0.05, 0.1) is 12.2 Å². The number of nitrogens with two attached hydrogens (primary N) is 1. The first-order valence-electron chi connectivity index (χ1n) is 7.77. The second-order valence-corrected chi connectivity index (χ2v) is 5.73. The molecule has 0 saturated carbocycles. The quantitative estimate of drug-likeness (QED) is 0.835. The van der Waals surface area contributed by atoms with E-state index in [1.807, 2.05) is 30.3 Å². The molecule has 1 aromatic rings. The van der Waals surface area contributed by atoms with Gasteiger partial charge in [-0.25, -0.2) is 0 Å². The minimum Gasteiger partial charge on any atom is -0.377 e. The van der Waals surface area contributed by atoms with E-state index in [0.717, 1.165) is 44.6 Å². The highest BCUT2D eigenvalue weighted by atomic mass is 16.5. The molecule has 0 aromatic heterocycles. The van der Waals surface area contributed by atoms with Crippen LogP contribution in [0.3, 0.4) is 0 Å². The Balaban J connectivity index is 1.93. The van der Waals surface area contributed by atoms with Gasteiger partial charge in [0.1, 0.15) is 5.54 Å². The Morgan fingerprint density at radius 1 is 1.43 bits per heavy atom. The lowest BCUT2D eigenvalue weighted by Gasteiger charge is -2.28. The van der Waals surface area contributed by atoms with Crippen molar-refractivity contribution >= 4 is 0 Å². The van der Waals surface area contributed by atoms with Gasteiger partial charge in [0.25, 0.3) is 0 Å². The smallest absolute Gasteiger partial charge is 0.131 e. The van der Waals surface area contributed by atoms with E-state index in [4.69, 9.17) is 10.5 Å². The van der Waals surface area contributed by atoms with Crippen LogP contribution in [0.25, 0.3) is 0 Å². The molecule has 2 atom stereocenters. The predicted octanol–water partition coefficient (Wildman–Crippen LogP) is 2.26. The van der Waals surface area contributed by atoms with Gasteiger partial charge in [-0.3, -0.25) is 0 Å². The Bertz CT molecular complexity index is 465. The van der Waals surface area contributed by atoms with Gasteiger partial charge in [0.2, 0.25) is 0 Å². The van der Waals surface area contributed by atoms with Crippen molar-refractivity contribution in [2.24, 2.45) is 5.73 Å². The summed E-state index contributed by atoms with van der Waals surface area (Å²) >= 11 is 0. The summed E-state index contributed by atoms with van der Waals surface area (Å²) in [7, 11) is 0. The number of hydrogen-bond donors (Lipinski definition) is 1. The minimum absolute atomic E-state index is 0.343. The van der Waals surface area contributed by atoms with Crippen molar-refractivity contribution in [1.82, 2.24) is 4.90 Å². The molecule has 1 aliphatic rings. The maximum absolute atomic E-state index is 9.49. The van der Waals surface area contributed by atoms with Crippen molar-refractivity contribution in [3.05, 3.63) is 35.9 Å². The topological polar surface area (TPSA) is 62.3 Å². The maximum atomic E-state index is 9.49. The van der Waals surface area contributed by atoms with Crippen LogP contribution in [0.5, 0.6) is 0 Å². The van der Waals surface area contributed by atoms with E-state index in [9.17, 15) is 5.26 Å². The number of nitrogens with zero attached hydrogens (tertiary/aromatic N) is 2. The summed E-state index contributed by atoms with van der Waals surface area (Å²) in [5.74, 6) is 0. The van der Waals surface area contributed by atoms with Crippen LogP contribution in [0.1, 0.15) is 31.7 Å². The normalized spacial score (nSPS) is 21.1. The molecule has 21 heavy (non-hydrogen) atoms. The first-order valence-corrected chi connectivity index (χ1v) is 7.77. The van der Waals surface area contributed by atoms with Crippen LogP contribution >= 0.6 is 0 Å². The first kappa shape index (κ1) is 16.0. The monoisotopic (exact) mass is 287 g/mol. The molecular formula is C17H25N3O. The van der Waals surface area contributed by atoms with Crippen molar-refractivity contribution < 1.29 is 4.74 Å². The third-order valence-corrected chi connectivity index (χ3v) is 4.24. The molecule has 1 saturated heterocycles. The standard InChI is InChI=1S/C17H25N3O/c1-2-20(13-16-9-6-12-21-16)11-10-17(19,14-18)15-7-4-3-5-8-15/h3-5,7-8,16H,2,6,9-13,19H2,1H3. The summed E-state index contributed by atoms with van der Waals surface area (Å²) in [6, 6.07) is 11.9. The van der Waals surface area contributed by atoms with E-state index in [0.29, 0.717) is 12.5 Å². The van der Waals surface area contributed by atoms with Crippen molar-refractivity contribution in [2.75, 3.05) is 26.2 Å². The molecule has 114 valence electrons. The molecule has 1 heterocycles. The summed E-state index contributed by atoms with van der Waals surface area (Å²) in [6.07, 6.45) is 3.27. The van der Waals surface area contributed by atoms with E-state index >= 15 is 0 Å². The minimum atomic E-state index is -0.911. The van der Waals surface area contributed by atoms with Crippen LogP contribution in [0.2, 0.25) is 0 Å². The third kappa shape index (κ3) is 4.28. The van der Waals surface area contributed by atoms with E-state index in [-0.39, 0.29) is 0 Å². The fraction of sp³-hybridized carbons (Fsp3) is 0.588. The Morgan fingerprint density at radius 2 is 2.19 bits per heavy atom. The molecule has 2 unspecified atom stereocenters.